The van der Waals surface area contributed by atoms with E-state index in [0.29, 0.717) is 51.6 Å². The Labute approximate surface area is 220 Å². The average molecular weight is 534 g/mol. The van der Waals surface area contributed by atoms with Gasteiger partial charge in [0, 0.05) is 43.6 Å². The normalized spacial score (nSPS) is 18.4. The summed E-state index contributed by atoms with van der Waals surface area (Å²) in [5, 5.41) is 2.92. The summed E-state index contributed by atoms with van der Waals surface area (Å²) in [6, 6.07) is 8.65. The van der Waals surface area contributed by atoms with Crippen LogP contribution in [0.2, 0.25) is 4.34 Å². The lowest BCUT2D eigenvalue weighted by atomic mass is 9.93. The first-order chi connectivity index (χ1) is 17.1. The van der Waals surface area contributed by atoms with Gasteiger partial charge in [-0.15, -0.1) is 11.3 Å². The predicted molar refractivity (Wildman–Crippen MR) is 140 cm³/mol. The summed E-state index contributed by atoms with van der Waals surface area (Å²) in [4.78, 5) is 42.3. The van der Waals surface area contributed by atoms with Gasteiger partial charge in [-0.2, -0.15) is 0 Å². The van der Waals surface area contributed by atoms with E-state index in [1.165, 1.54) is 11.3 Å². The second-order valence-corrected chi connectivity index (χ2v) is 11.8. The van der Waals surface area contributed by atoms with Crippen molar-refractivity contribution in [2.75, 3.05) is 32.1 Å². The molecule has 194 valence electrons. The fourth-order valence-corrected chi connectivity index (χ4v) is 5.62. The van der Waals surface area contributed by atoms with Gasteiger partial charge in [0.25, 0.3) is 11.8 Å². The maximum Gasteiger partial charge on any atom is 0.410 e. The van der Waals surface area contributed by atoms with Crippen molar-refractivity contribution in [2.24, 2.45) is 5.92 Å². The standard InChI is InChI=1S/C26H32ClN3O5S/c1-26(2,3)35-25(33)29-13-10-16(11-14-29)12-15-30-23(32)17-6-5-7-18(21(17)24(30)34-4)28-22(31)19-8-9-20(27)36-19/h5-9,16,24H,10-15H2,1-4H3,(H,28,31). The number of thiophene rings is 1. The summed E-state index contributed by atoms with van der Waals surface area (Å²) in [5.74, 6) is -0.00318. The van der Waals surface area contributed by atoms with E-state index in [4.69, 9.17) is 21.1 Å². The Bertz CT molecular complexity index is 1140. The second-order valence-electron chi connectivity index (χ2n) is 10.1. The van der Waals surface area contributed by atoms with E-state index in [-0.39, 0.29) is 17.9 Å². The van der Waals surface area contributed by atoms with Crippen LogP contribution in [0.25, 0.3) is 0 Å². The highest BCUT2D eigenvalue weighted by molar-refractivity contribution is 7.18. The Morgan fingerprint density at radius 1 is 1.17 bits per heavy atom. The lowest BCUT2D eigenvalue weighted by Gasteiger charge is -2.34. The van der Waals surface area contributed by atoms with Gasteiger partial charge >= 0.3 is 6.09 Å². The molecule has 1 aromatic carbocycles. The van der Waals surface area contributed by atoms with E-state index < -0.39 is 11.8 Å². The zero-order valence-corrected chi connectivity index (χ0v) is 22.6. The quantitative estimate of drug-likeness (QED) is 0.507. The number of carbonyl (C=O) groups excluding carboxylic acids is 3. The van der Waals surface area contributed by atoms with E-state index in [1.54, 1.807) is 47.2 Å². The highest BCUT2D eigenvalue weighted by Crippen LogP contribution is 2.40. The maximum atomic E-state index is 13.3. The fourth-order valence-electron chi connectivity index (χ4n) is 4.68. The van der Waals surface area contributed by atoms with E-state index in [2.05, 4.69) is 5.32 Å². The van der Waals surface area contributed by atoms with Crippen molar-refractivity contribution in [3.8, 4) is 0 Å². The molecule has 0 saturated carbocycles. The molecule has 2 aliphatic rings. The number of amides is 3. The number of anilines is 1. The van der Waals surface area contributed by atoms with E-state index in [9.17, 15) is 14.4 Å². The van der Waals surface area contributed by atoms with Crippen molar-refractivity contribution in [2.45, 2.75) is 51.9 Å². The van der Waals surface area contributed by atoms with Crippen molar-refractivity contribution in [3.05, 3.63) is 50.7 Å². The zero-order valence-electron chi connectivity index (χ0n) is 21.0. The molecular formula is C26H32ClN3O5S. The van der Waals surface area contributed by atoms with Crippen LogP contribution in [0.1, 0.15) is 71.9 Å². The predicted octanol–water partition coefficient (Wildman–Crippen LogP) is 5.79. The molecule has 1 atom stereocenters. The minimum atomic E-state index is -0.585. The van der Waals surface area contributed by atoms with E-state index >= 15 is 0 Å². The number of piperidine rings is 1. The lowest BCUT2D eigenvalue weighted by molar-refractivity contribution is -0.0154. The van der Waals surface area contributed by atoms with Crippen LogP contribution < -0.4 is 5.32 Å². The van der Waals surface area contributed by atoms with Gasteiger partial charge in [0.1, 0.15) is 5.60 Å². The number of nitrogens with one attached hydrogen (secondary N) is 1. The first kappa shape index (κ1) is 26.4. The van der Waals surface area contributed by atoms with Crippen LogP contribution in [-0.2, 0) is 9.47 Å². The summed E-state index contributed by atoms with van der Waals surface area (Å²) in [6.45, 7) is 7.41. The molecule has 0 radical (unpaired) electrons. The average Bonchev–Trinajstić information content (AvgIpc) is 3.38. The first-order valence-corrected chi connectivity index (χ1v) is 13.3. The fraction of sp³-hybridized carbons (Fsp3) is 0.500. The highest BCUT2D eigenvalue weighted by Gasteiger charge is 2.39. The van der Waals surface area contributed by atoms with Crippen molar-refractivity contribution in [1.29, 1.82) is 0 Å². The Morgan fingerprint density at radius 3 is 2.50 bits per heavy atom. The molecule has 1 N–H and O–H groups in total. The largest absolute Gasteiger partial charge is 0.444 e. The zero-order chi connectivity index (χ0) is 26.0. The summed E-state index contributed by atoms with van der Waals surface area (Å²) in [7, 11) is 1.57. The topological polar surface area (TPSA) is 88.2 Å². The van der Waals surface area contributed by atoms with Crippen LogP contribution in [0, 0.1) is 5.92 Å². The number of likely N-dealkylation sites (tertiary alicyclic amines) is 1. The molecule has 0 bridgehead atoms. The number of halogens is 1. The van der Waals surface area contributed by atoms with Gasteiger partial charge in [-0.05, 0) is 70.2 Å². The number of rotatable bonds is 6. The molecule has 4 rings (SSSR count). The van der Waals surface area contributed by atoms with Gasteiger partial charge in [-0.25, -0.2) is 4.79 Å². The summed E-state index contributed by atoms with van der Waals surface area (Å²) < 4.78 is 11.8. The molecule has 0 spiro atoms. The molecule has 1 unspecified atom stereocenters. The van der Waals surface area contributed by atoms with Crippen LogP contribution in [0.15, 0.2) is 30.3 Å². The molecule has 1 saturated heterocycles. The third-order valence-electron chi connectivity index (χ3n) is 6.44. The van der Waals surface area contributed by atoms with E-state index in [0.717, 1.165) is 19.3 Å². The molecule has 10 heteroatoms. The van der Waals surface area contributed by atoms with Crippen LogP contribution >= 0.6 is 22.9 Å². The number of ether oxygens (including phenoxy) is 2. The van der Waals surface area contributed by atoms with Gasteiger partial charge in [-0.1, -0.05) is 17.7 Å². The Morgan fingerprint density at radius 2 is 1.89 bits per heavy atom. The molecule has 1 aromatic heterocycles. The van der Waals surface area contributed by atoms with Gasteiger partial charge in [0.05, 0.1) is 9.21 Å². The first-order valence-electron chi connectivity index (χ1n) is 12.1. The second kappa shape index (κ2) is 10.8. The van der Waals surface area contributed by atoms with Crippen LogP contribution in [0.5, 0.6) is 0 Å². The molecule has 1 fully saturated rings. The number of nitrogens with zero attached hydrogens (tertiary/aromatic N) is 2. The SMILES string of the molecule is COC1c2c(NC(=O)c3ccc(Cl)s3)cccc2C(=O)N1CCC1CCN(C(=O)OC(C)(C)C)CC1. The molecule has 8 nitrogen and oxygen atoms in total. The monoisotopic (exact) mass is 533 g/mol. The summed E-state index contributed by atoms with van der Waals surface area (Å²) in [6.07, 6.45) is 1.66. The van der Waals surface area contributed by atoms with Crippen molar-refractivity contribution in [1.82, 2.24) is 9.80 Å². The van der Waals surface area contributed by atoms with Crippen molar-refractivity contribution < 1.29 is 23.9 Å². The van der Waals surface area contributed by atoms with E-state index in [1.807, 2.05) is 20.8 Å². The molecule has 36 heavy (non-hydrogen) atoms. The molecule has 2 aliphatic heterocycles. The minimum absolute atomic E-state index is 0.113. The number of methoxy groups -OCH3 is 1. The summed E-state index contributed by atoms with van der Waals surface area (Å²) in [5.41, 5.74) is 1.24. The summed E-state index contributed by atoms with van der Waals surface area (Å²) >= 11 is 7.17. The van der Waals surface area contributed by atoms with Crippen LogP contribution in [0.4, 0.5) is 10.5 Å². The van der Waals surface area contributed by atoms with Crippen LogP contribution in [0.3, 0.4) is 0 Å². The third kappa shape index (κ3) is 5.85. The van der Waals surface area contributed by atoms with Crippen LogP contribution in [-0.4, -0.2) is 60.1 Å². The third-order valence-corrected chi connectivity index (χ3v) is 7.67. The van der Waals surface area contributed by atoms with Crippen molar-refractivity contribution >= 4 is 46.5 Å². The molecule has 3 amide bonds. The number of hydrogen-bond acceptors (Lipinski definition) is 6. The molecule has 3 heterocycles. The highest BCUT2D eigenvalue weighted by atomic mass is 35.5. The molecule has 0 aliphatic carbocycles. The Balaban J connectivity index is 1.39. The number of hydrogen-bond donors (Lipinski definition) is 1. The molecular weight excluding hydrogens is 502 g/mol. The number of carbonyl (C=O) groups is 3. The Hall–Kier alpha value is -2.62. The van der Waals surface area contributed by atoms with Gasteiger partial charge in [-0.3, -0.25) is 9.59 Å². The van der Waals surface area contributed by atoms with Gasteiger partial charge in [0.2, 0.25) is 0 Å². The Kier molecular flexibility index (Phi) is 7.92. The van der Waals surface area contributed by atoms with Gasteiger partial charge in [0.15, 0.2) is 6.23 Å². The van der Waals surface area contributed by atoms with Gasteiger partial charge < -0.3 is 24.6 Å². The lowest BCUT2D eigenvalue weighted by Crippen LogP contribution is -2.42. The molecule has 2 aromatic rings. The number of fused-ring (bicyclic) bond motifs is 1. The maximum absolute atomic E-state index is 13.3. The smallest absolute Gasteiger partial charge is 0.410 e. The van der Waals surface area contributed by atoms with Crippen molar-refractivity contribution in [3.63, 3.8) is 0 Å². The minimum Gasteiger partial charge on any atom is -0.444 e. The number of benzene rings is 1.